The fraction of sp³-hybridized carbons (Fsp3) is 0.462. The molecule has 0 bridgehead atoms. The minimum Gasteiger partial charge on any atom is -0.351 e. The largest absolute Gasteiger partial charge is 0.351 e. The summed E-state index contributed by atoms with van der Waals surface area (Å²) < 4.78 is 17.2. The van der Waals surface area contributed by atoms with E-state index < -0.39 is 11.4 Å². The molecule has 0 saturated heterocycles. The molecule has 0 spiro atoms. The lowest BCUT2D eigenvalue weighted by atomic mass is 9.86. The molecule has 174 valence electrons. The molecule has 5 nitrogen and oxygen atoms in total. The number of anilines is 1. The lowest BCUT2D eigenvalue weighted by Crippen LogP contribution is -2.65. The van der Waals surface area contributed by atoms with E-state index in [-0.39, 0.29) is 17.9 Å². The molecule has 1 atom stereocenters. The molecule has 3 aromatic rings. The quantitative estimate of drug-likeness (QED) is 0.549. The van der Waals surface area contributed by atoms with Crippen LogP contribution in [0.15, 0.2) is 36.4 Å². The second kappa shape index (κ2) is 8.28. The van der Waals surface area contributed by atoms with Crippen LogP contribution in [-0.2, 0) is 17.8 Å². The molecule has 5 rings (SSSR count). The maximum Gasteiger partial charge on any atom is 0.275 e. The van der Waals surface area contributed by atoms with E-state index in [0.717, 1.165) is 42.3 Å². The van der Waals surface area contributed by atoms with E-state index in [0.29, 0.717) is 23.8 Å². The van der Waals surface area contributed by atoms with Gasteiger partial charge in [0.05, 0.1) is 16.8 Å². The summed E-state index contributed by atoms with van der Waals surface area (Å²) in [6.07, 6.45) is 4.99. The van der Waals surface area contributed by atoms with E-state index >= 15 is 0 Å². The molecule has 0 radical (unpaired) electrons. The van der Waals surface area contributed by atoms with Gasteiger partial charge in [-0.15, -0.1) is 11.3 Å². The third-order valence-corrected chi connectivity index (χ3v) is 8.49. The summed E-state index contributed by atoms with van der Waals surface area (Å²) in [7, 11) is 0. The highest BCUT2D eigenvalue weighted by molar-refractivity contribution is 7.19. The van der Waals surface area contributed by atoms with E-state index in [4.69, 9.17) is 0 Å². The number of carbonyl (C=O) groups excluding carboxylic acids is 2. The monoisotopic (exact) mass is 467 g/mol. The first-order chi connectivity index (χ1) is 15.8. The number of nitrogens with zero attached hydrogens (tertiary/aromatic N) is 2. The average Bonchev–Trinajstić information content (AvgIpc) is 3.34. The van der Waals surface area contributed by atoms with Crippen molar-refractivity contribution < 1.29 is 14.0 Å². The Morgan fingerprint density at radius 2 is 1.97 bits per heavy atom. The number of benzene rings is 1. The van der Waals surface area contributed by atoms with Crippen LogP contribution in [0.4, 0.5) is 10.1 Å². The lowest BCUT2D eigenvalue weighted by Gasteiger charge is -2.44. The highest BCUT2D eigenvalue weighted by Crippen LogP contribution is 2.39. The van der Waals surface area contributed by atoms with Crippen LogP contribution in [0.25, 0.3) is 10.2 Å². The molecular formula is C26H30FN3O2S. The number of fused-ring (bicyclic) bond motifs is 3. The molecule has 1 saturated carbocycles. The molecule has 1 aliphatic heterocycles. The number of amides is 2. The molecule has 33 heavy (non-hydrogen) atoms. The molecule has 1 fully saturated rings. The summed E-state index contributed by atoms with van der Waals surface area (Å²) in [4.78, 5) is 30.4. The molecule has 1 aromatic carbocycles. The predicted octanol–water partition coefficient (Wildman–Crippen LogP) is 5.52. The Morgan fingerprint density at radius 1 is 1.21 bits per heavy atom. The molecule has 2 aliphatic rings. The van der Waals surface area contributed by atoms with Gasteiger partial charge in [0, 0.05) is 16.6 Å². The van der Waals surface area contributed by atoms with E-state index in [9.17, 15) is 14.0 Å². The Hall–Kier alpha value is -2.67. The van der Waals surface area contributed by atoms with Crippen molar-refractivity contribution in [1.29, 1.82) is 0 Å². The van der Waals surface area contributed by atoms with Crippen molar-refractivity contribution in [3.05, 3.63) is 52.8 Å². The predicted molar refractivity (Wildman–Crippen MR) is 130 cm³/mol. The normalized spacial score (nSPS) is 25.3. The van der Waals surface area contributed by atoms with Crippen LogP contribution in [0.3, 0.4) is 0 Å². The fourth-order valence-corrected chi connectivity index (χ4v) is 6.31. The minimum absolute atomic E-state index is 0.105. The maximum absolute atomic E-state index is 14.2. The zero-order valence-corrected chi connectivity index (χ0v) is 20.2. The SMILES string of the molecule is CCc1cc2c(cc3n2C[C@@](C)(C(=O)NC2CCC(C)CC2)N(c2cccc(F)c2)C3=O)s1. The Kier molecular flexibility index (Phi) is 5.55. The third kappa shape index (κ3) is 3.76. The highest BCUT2D eigenvalue weighted by atomic mass is 32.1. The Balaban J connectivity index is 1.58. The number of thiophene rings is 1. The number of halogens is 1. The number of hydrogen-bond donors (Lipinski definition) is 1. The second-order valence-corrected chi connectivity index (χ2v) is 10.9. The van der Waals surface area contributed by atoms with Gasteiger partial charge >= 0.3 is 0 Å². The Bertz CT molecular complexity index is 1220. The van der Waals surface area contributed by atoms with E-state index in [2.05, 4.69) is 25.2 Å². The first-order valence-corrected chi connectivity index (χ1v) is 12.6. The van der Waals surface area contributed by atoms with Gasteiger partial charge in [-0.1, -0.05) is 19.9 Å². The van der Waals surface area contributed by atoms with Gasteiger partial charge < -0.3 is 9.88 Å². The highest BCUT2D eigenvalue weighted by Gasteiger charge is 2.49. The van der Waals surface area contributed by atoms with Gasteiger partial charge in [0.25, 0.3) is 5.91 Å². The number of rotatable bonds is 4. The van der Waals surface area contributed by atoms with E-state index in [1.807, 2.05) is 10.6 Å². The number of aryl methyl sites for hydroxylation is 1. The minimum atomic E-state index is -1.18. The topological polar surface area (TPSA) is 54.3 Å². The van der Waals surface area contributed by atoms with Crippen molar-refractivity contribution >= 4 is 39.1 Å². The van der Waals surface area contributed by atoms with Gasteiger partial charge in [0.15, 0.2) is 0 Å². The summed E-state index contributed by atoms with van der Waals surface area (Å²) in [5.74, 6) is -0.212. The average molecular weight is 468 g/mol. The molecule has 2 amide bonds. The molecular weight excluding hydrogens is 437 g/mol. The lowest BCUT2D eigenvalue weighted by molar-refractivity contribution is -0.127. The summed E-state index contributed by atoms with van der Waals surface area (Å²) >= 11 is 1.68. The summed E-state index contributed by atoms with van der Waals surface area (Å²) in [6.45, 7) is 6.48. The third-order valence-electron chi connectivity index (χ3n) is 7.28. The van der Waals surface area contributed by atoms with E-state index in [1.165, 1.54) is 21.9 Å². The molecule has 2 aromatic heterocycles. The first-order valence-electron chi connectivity index (χ1n) is 11.8. The molecule has 3 heterocycles. The van der Waals surface area contributed by atoms with Crippen molar-refractivity contribution in [1.82, 2.24) is 9.88 Å². The van der Waals surface area contributed by atoms with Gasteiger partial charge in [0.2, 0.25) is 5.91 Å². The fourth-order valence-electron chi connectivity index (χ4n) is 5.27. The second-order valence-electron chi connectivity index (χ2n) is 9.76. The van der Waals surface area contributed by atoms with Crippen LogP contribution in [0, 0.1) is 11.7 Å². The maximum atomic E-state index is 14.2. The van der Waals surface area contributed by atoms with Crippen molar-refractivity contribution in [2.75, 3.05) is 4.90 Å². The number of nitrogens with one attached hydrogen (secondary N) is 1. The number of carbonyl (C=O) groups is 2. The Labute approximate surface area is 197 Å². The first kappa shape index (κ1) is 22.1. The van der Waals surface area contributed by atoms with Crippen LogP contribution < -0.4 is 10.2 Å². The van der Waals surface area contributed by atoms with Crippen molar-refractivity contribution in [2.45, 2.75) is 71.0 Å². The van der Waals surface area contributed by atoms with Gasteiger partial charge in [0.1, 0.15) is 17.1 Å². The zero-order chi connectivity index (χ0) is 23.3. The van der Waals surface area contributed by atoms with Crippen LogP contribution in [0.1, 0.15) is 61.8 Å². The standard InChI is InChI=1S/C26H30FN3O2S/c1-4-20-13-21-23(33-20)14-22-24(31)30(19-7-5-6-17(27)12-19)26(3,15-29(21)22)25(32)28-18-10-8-16(2)9-11-18/h5-7,12-14,16,18H,4,8-11,15H2,1-3H3,(H,28,32)/t16?,18?,26-/m0/s1. The van der Waals surface area contributed by atoms with E-state index in [1.54, 1.807) is 30.4 Å². The van der Waals surface area contributed by atoms with Crippen molar-refractivity contribution in [2.24, 2.45) is 5.92 Å². The molecule has 1 N–H and O–H groups in total. The van der Waals surface area contributed by atoms with Gasteiger partial charge in [-0.05, 0) is 75.3 Å². The smallest absolute Gasteiger partial charge is 0.275 e. The summed E-state index contributed by atoms with van der Waals surface area (Å²) in [5, 5.41) is 3.23. The number of aromatic nitrogens is 1. The van der Waals surface area contributed by atoms with Crippen molar-refractivity contribution in [3.63, 3.8) is 0 Å². The molecule has 0 unspecified atom stereocenters. The van der Waals surface area contributed by atoms with Crippen LogP contribution in [0.5, 0.6) is 0 Å². The zero-order valence-electron chi connectivity index (χ0n) is 19.4. The van der Waals surface area contributed by atoms with Crippen LogP contribution >= 0.6 is 11.3 Å². The van der Waals surface area contributed by atoms with Crippen molar-refractivity contribution in [3.8, 4) is 0 Å². The summed E-state index contributed by atoms with van der Waals surface area (Å²) in [5.41, 5.74) is 0.755. The summed E-state index contributed by atoms with van der Waals surface area (Å²) in [6, 6.07) is 10.1. The number of hydrogen-bond acceptors (Lipinski definition) is 3. The Morgan fingerprint density at radius 3 is 2.67 bits per heavy atom. The van der Waals surface area contributed by atoms with Gasteiger partial charge in [-0.25, -0.2) is 4.39 Å². The van der Waals surface area contributed by atoms with Crippen LogP contribution in [0.2, 0.25) is 0 Å². The van der Waals surface area contributed by atoms with Gasteiger partial charge in [-0.2, -0.15) is 0 Å². The van der Waals surface area contributed by atoms with Crippen LogP contribution in [-0.4, -0.2) is 28.0 Å². The van der Waals surface area contributed by atoms with Gasteiger partial charge in [-0.3, -0.25) is 14.5 Å². The molecule has 7 heteroatoms. The molecule has 1 aliphatic carbocycles.